The molecule has 0 bridgehead atoms. The zero-order valence-corrected chi connectivity index (χ0v) is 11.7. The van der Waals surface area contributed by atoms with E-state index in [1.807, 2.05) is 6.92 Å². The molecule has 0 aromatic heterocycles. The quantitative estimate of drug-likeness (QED) is 0.851. The van der Waals surface area contributed by atoms with E-state index in [4.69, 9.17) is 21.4 Å². The Morgan fingerprint density at radius 3 is 2.56 bits per heavy atom. The first-order valence-corrected chi connectivity index (χ1v) is 6.48. The molecule has 1 rings (SSSR count). The molecular weight excluding hydrogens is 252 g/mol. The van der Waals surface area contributed by atoms with Gasteiger partial charge >= 0.3 is 5.97 Å². The predicted molar refractivity (Wildman–Crippen MR) is 72.5 cm³/mol. The Hall–Kier alpha value is -1.22. The van der Waals surface area contributed by atoms with E-state index in [9.17, 15) is 4.79 Å². The molecule has 4 heteroatoms. The second-order valence-corrected chi connectivity index (χ2v) is 5.10. The lowest BCUT2D eigenvalue weighted by Crippen LogP contribution is -2.10. The second-order valence-electron chi connectivity index (χ2n) is 4.69. The summed E-state index contributed by atoms with van der Waals surface area (Å²) in [5.74, 6) is -0.316. The van der Waals surface area contributed by atoms with Gasteiger partial charge in [0.05, 0.1) is 17.5 Å². The van der Waals surface area contributed by atoms with Crippen molar-refractivity contribution in [3.8, 4) is 5.75 Å². The van der Waals surface area contributed by atoms with Crippen LogP contribution >= 0.6 is 11.6 Å². The minimum Gasteiger partial charge on any atom is -0.492 e. The van der Waals surface area contributed by atoms with Gasteiger partial charge in [0.25, 0.3) is 0 Å². The summed E-state index contributed by atoms with van der Waals surface area (Å²) in [7, 11) is 0. The monoisotopic (exact) mass is 270 g/mol. The minimum atomic E-state index is -0.829. The molecule has 1 aromatic carbocycles. The number of benzene rings is 1. The Kier molecular flexibility index (Phi) is 5.48. The molecule has 1 aromatic rings. The van der Waals surface area contributed by atoms with E-state index in [0.29, 0.717) is 35.3 Å². The van der Waals surface area contributed by atoms with Crippen molar-refractivity contribution in [3.05, 3.63) is 28.8 Å². The van der Waals surface area contributed by atoms with Crippen LogP contribution < -0.4 is 4.74 Å². The molecule has 0 saturated carbocycles. The summed E-state index contributed by atoms with van der Waals surface area (Å²) in [5.41, 5.74) is 0.715. The van der Waals surface area contributed by atoms with Gasteiger partial charge in [-0.05, 0) is 30.0 Å². The van der Waals surface area contributed by atoms with Gasteiger partial charge in [-0.1, -0.05) is 38.4 Å². The Morgan fingerprint density at radius 1 is 1.44 bits per heavy atom. The topological polar surface area (TPSA) is 46.5 Å². The molecule has 1 unspecified atom stereocenters. The maximum atomic E-state index is 11.1. The van der Waals surface area contributed by atoms with Crippen molar-refractivity contribution in [2.75, 3.05) is 6.61 Å². The molecule has 0 saturated heterocycles. The number of halogens is 1. The van der Waals surface area contributed by atoms with Crippen LogP contribution in [0.2, 0.25) is 5.02 Å². The van der Waals surface area contributed by atoms with E-state index < -0.39 is 11.9 Å². The fraction of sp³-hybridized carbons (Fsp3) is 0.500. The molecule has 0 amide bonds. The van der Waals surface area contributed by atoms with Crippen LogP contribution in [0.25, 0.3) is 0 Å². The summed E-state index contributed by atoms with van der Waals surface area (Å²) in [5, 5.41) is 9.55. The average Bonchev–Trinajstić information content (AvgIpc) is 2.28. The fourth-order valence-electron chi connectivity index (χ4n) is 1.66. The second kappa shape index (κ2) is 6.64. The van der Waals surface area contributed by atoms with E-state index in [2.05, 4.69) is 13.8 Å². The molecular formula is C14H19ClO3. The normalized spacial score (nSPS) is 12.5. The van der Waals surface area contributed by atoms with Crippen LogP contribution in [-0.2, 0) is 4.79 Å². The van der Waals surface area contributed by atoms with E-state index >= 15 is 0 Å². The molecule has 0 aliphatic carbocycles. The van der Waals surface area contributed by atoms with Crippen LogP contribution in [0, 0.1) is 5.92 Å². The fourth-order valence-corrected chi connectivity index (χ4v) is 1.90. The first kappa shape index (κ1) is 14.8. The van der Waals surface area contributed by atoms with Crippen LogP contribution in [0.4, 0.5) is 0 Å². The van der Waals surface area contributed by atoms with Crippen molar-refractivity contribution < 1.29 is 14.6 Å². The minimum absolute atomic E-state index is 0.420. The predicted octanol–water partition coefficient (Wildman–Crippen LogP) is 3.95. The van der Waals surface area contributed by atoms with Crippen molar-refractivity contribution >= 4 is 17.6 Å². The van der Waals surface area contributed by atoms with Crippen molar-refractivity contribution in [1.82, 2.24) is 0 Å². The number of carboxylic acids is 1. The molecule has 100 valence electrons. The molecule has 1 atom stereocenters. The number of ether oxygens (including phenoxy) is 1. The summed E-state index contributed by atoms with van der Waals surface area (Å²) in [4.78, 5) is 11.1. The molecule has 0 aliphatic rings. The van der Waals surface area contributed by atoms with Gasteiger partial charge in [0.2, 0.25) is 0 Å². The molecule has 0 aliphatic heterocycles. The van der Waals surface area contributed by atoms with Gasteiger partial charge < -0.3 is 9.84 Å². The third kappa shape index (κ3) is 3.91. The maximum absolute atomic E-state index is 11.1. The number of carbonyl (C=O) groups is 1. The average molecular weight is 271 g/mol. The Balaban J connectivity index is 2.87. The number of hydrogen-bond acceptors (Lipinski definition) is 2. The SMILES string of the molecule is CCC(C(=O)O)c1ccc(OCC(C)C)c(Cl)c1. The van der Waals surface area contributed by atoms with Crippen LogP contribution in [0.1, 0.15) is 38.7 Å². The maximum Gasteiger partial charge on any atom is 0.310 e. The Morgan fingerprint density at radius 2 is 2.11 bits per heavy atom. The van der Waals surface area contributed by atoms with Crippen LogP contribution in [0.5, 0.6) is 5.75 Å². The molecule has 18 heavy (non-hydrogen) atoms. The highest BCUT2D eigenvalue weighted by Gasteiger charge is 2.18. The Labute approximate surface area is 113 Å². The van der Waals surface area contributed by atoms with Crippen molar-refractivity contribution in [3.63, 3.8) is 0 Å². The zero-order valence-electron chi connectivity index (χ0n) is 10.9. The van der Waals surface area contributed by atoms with Gasteiger partial charge in [-0.3, -0.25) is 4.79 Å². The lowest BCUT2D eigenvalue weighted by molar-refractivity contribution is -0.138. The molecule has 0 spiro atoms. The third-order valence-electron chi connectivity index (χ3n) is 2.64. The van der Waals surface area contributed by atoms with E-state index in [1.54, 1.807) is 18.2 Å². The van der Waals surface area contributed by atoms with Gasteiger partial charge in [0.15, 0.2) is 0 Å². The highest BCUT2D eigenvalue weighted by atomic mass is 35.5. The van der Waals surface area contributed by atoms with Crippen molar-refractivity contribution in [1.29, 1.82) is 0 Å². The number of rotatable bonds is 6. The number of hydrogen-bond donors (Lipinski definition) is 1. The zero-order chi connectivity index (χ0) is 13.7. The van der Waals surface area contributed by atoms with Crippen LogP contribution in [-0.4, -0.2) is 17.7 Å². The number of carboxylic acid groups (broad SMARTS) is 1. The summed E-state index contributed by atoms with van der Waals surface area (Å²) < 4.78 is 5.55. The molecule has 3 nitrogen and oxygen atoms in total. The largest absolute Gasteiger partial charge is 0.492 e. The summed E-state index contributed by atoms with van der Waals surface area (Å²) in [6.45, 7) is 6.55. The third-order valence-corrected chi connectivity index (χ3v) is 2.93. The van der Waals surface area contributed by atoms with E-state index in [0.717, 1.165) is 0 Å². The van der Waals surface area contributed by atoms with Gasteiger partial charge in [0, 0.05) is 0 Å². The van der Waals surface area contributed by atoms with Gasteiger partial charge in [-0.25, -0.2) is 0 Å². The summed E-state index contributed by atoms with van der Waals surface area (Å²) >= 11 is 6.10. The summed E-state index contributed by atoms with van der Waals surface area (Å²) in [6, 6.07) is 5.19. The van der Waals surface area contributed by atoms with Crippen LogP contribution in [0.3, 0.4) is 0 Å². The number of aliphatic carboxylic acids is 1. The summed E-state index contributed by atoms with van der Waals surface area (Å²) in [6.07, 6.45) is 0.540. The van der Waals surface area contributed by atoms with Crippen molar-refractivity contribution in [2.45, 2.75) is 33.1 Å². The smallest absolute Gasteiger partial charge is 0.310 e. The first-order valence-electron chi connectivity index (χ1n) is 6.10. The molecule has 1 N–H and O–H groups in total. The lowest BCUT2D eigenvalue weighted by Gasteiger charge is -2.14. The van der Waals surface area contributed by atoms with E-state index in [-0.39, 0.29) is 0 Å². The molecule has 0 fully saturated rings. The Bertz CT molecular complexity index is 416. The molecule has 0 radical (unpaired) electrons. The van der Waals surface area contributed by atoms with Gasteiger partial charge in [0.1, 0.15) is 5.75 Å². The van der Waals surface area contributed by atoms with Crippen LogP contribution in [0.15, 0.2) is 18.2 Å². The van der Waals surface area contributed by atoms with Crippen molar-refractivity contribution in [2.24, 2.45) is 5.92 Å². The first-order chi connectivity index (χ1) is 8.45. The van der Waals surface area contributed by atoms with E-state index in [1.165, 1.54) is 0 Å². The molecule has 0 heterocycles. The van der Waals surface area contributed by atoms with Gasteiger partial charge in [-0.2, -0.15) is 0 Å². The standard InChI is InChI=1S/C14H19ClO3/c1-4-11(14(16)17)10-5-6-13(12(15)7-10)18-8-9(2)3/h5-7,9,11H,4,8H2,1-3H3,(H,16,17). The van der Waals surface area contributed by atoms with Gasteiger partial charge in [-0.15, -0.1) is 0 Å². The highest BCUT2D eigenvalue weighted by Crippen LogP contribution is 2.30. The lowest BCUT2D eigenvalue weighted by atomic mass is 9.97. The highest BCUT2D eigenvalue weighted by molar-refractivity contribution is 6.32.